The highest BCUT2D eigenvalue weighted by molar-refractivity contribution is 7.98. The van der Waals surface area contributed by atoms with Crippen molar-refractivity contribution in [3.63, 3.8) is 0 Å². The van der Waals surface area contributed by atoms with Crippen LogP contribution in [0.3, 0.4) is 0 Å². The number of oxime groups is 1. The summed E-state index contributed by atoms with van der Waals surface area (Å²) in [6, 6.07) is 0. The number of nitrogens with zero attached hydrogens (tertiary/aromatic N) is 2. The van der Waals surface area contributed by atoms with Gasteiger partial charge in [0.15, 0.2) is 16.8 Å². The van der Waals surface area contributed by atoms with Crippen molar-refractivity contribution < 1.29 is 9.63 Å². The number of carbonyl (C=O) groups excluding carboxylic acids is 1. The fourth-order valence-corrected chi connectivity index (χ4v) is 1.36. The Bertz CT molecular complexity index is 337. The molecule has 75 valence electrons. The molecule has 0 saturated heterocycles. The Labute approximate surface area is 89.3 Å². The van der Waals surface area contributed by atoms with Crippen LogP contribution in [-0.4, -0.2) is 29.2 Å². The molecule has 14 heavy (non-hydrogen) atoms. The van der Waals surface area contributed by atoms with Crippen LogP contribution in [-0.2, 0) is 9.63 Å². The quantitative estimate of drug-likeness (QED) is 0.351. The van der Waals surface area contributed by atoms with Crippen molar-refractivity contribution in [2.45, 2.75) is 0 Å². The minimum absolute atomic E-state index is 0.0343. The summed E-state index contributed by atoms with van der Waals surface area (Å²) in [5, 5.41) is 5.59. The van der Waals surface area contributed by atoms with Crippen molar-refractivity contribution in [2.24, 2.45) is 5.16 Å². The summed E-state index contributed by atoms with van der Waals surface area (Å²) in [4.78, 5) is 19.2. The second kappa shape index (κ2) is 5.61. The molecule has 0 aliphatic carbocycles. The minimum Gasteiger partial charge on any atom is -0.384 e. The molecule has 0 saturated carbocycles. The van der Waals surface area contributed by atoms with Crippen LogP contribution in [0.25, 0.3) is 0 Å². The van der Waals surface area contributed by atoms with Gasteiger partial charge in [0.2, 0.25) is 0 Å². The molecule has 0 aromatic carbocycles. The number of nitrogen functional groups attached to an aromatic ring is 1. The Balaban J connectivity index is 2.71. The SMILES string of the molecule is CSCO/N=C(/[C]=O)c1csc(N)n1. The Morgan fingerprint density at radius 2 is 2.71 bits per heavy atom. The molecule has 0 aliphatic rings. The largest absolute Gasteiger partial charge is 0.384 e. The van der Waals surface area contributed by atoms with Crippen molar-refractivity contribution in [1.29, 1.82) is 0 Å². The van der Waals surface area contributed by atoms with Crippen LogP contribution >= 0.6 is 23.1 Å². The first kappa shape index (κ1) is 11.0. The van der Waals surface area contributed by atoms with E-state index >= 15 is 0 Å². The molecule has 0 amide bonds. The van der Waals surface area contributed by atoms with Crippen molar-refractivity contribution in [3.8, 4) is 0 Å². The first-order chi connectivity index (χ1) is 6.77. The van der Waals surface area contributed by atoms with Crippen molar-refractivity contribution in [1.82, 2.24) is 4.98 Å². The average Bonchev–Trinajstić information content (AvgIpc) is 2.60. The van der Waals surface area contributed by atoms with Gasteiger partial charge in [-0.3, -0.25) is 4.79 Å². The Kier molecular flexibility index (Phi) is 4.41. The van der Waals surface area contributed by atoms with Crippen molar-refractivity contribution in [2.75, 3.05) is 17.9 Å². The second-order valence-electron chi connectivity index (χ2n) is 2.15. The minimum atomic E-state index is 0.0343. The predicted molar refractivity (Wildman–Crippen MR) is 58.2 cm³/mol. The van der Waals surface area contributed by atoms with Gasteiger partial charge < -0.3 is 10.6 Å². The van der Waals surface area contributed by atoms with Gasteiger partial charge in [0.1, 0.15) is 5.69 Å². The Morgan fingerprint density at radius 1 is 1.93 bits per heavy atom. The molecular weight excluding hydrogens is 222 g/mol. The zero-order valence-electron chi connectivity index (χ0n) is 7.39. The molecule has 0 atom stereocenters. The van der Waals surface area contributed by atoms with Gasteiger partial charge in [0.05, 0.1) is 0 Å². The monoisotopic (exact) mass is 230 g/mol. The molecule has 1 aromatic rings. The van der Waals surface area contributed by atoms with E-state index < -0.39 is 0 Å². The van der Waals surface area contributed by atoms with Gasteiger partial charge in [0, 0.05) is 5.38 Å². The van der Waals surface area contributed by atoms with Crippen LogP contribution in [0.15, 0.2) is 10.5 Å². The van der Waals surface area contributed by atoms with Gasteiger partial charge in [0.25, 0.3) is 6.29 Å². The van der Waals surface area contributed by atoms with Gasteiger partial charge in [-0.1, -0.05) is 5.16 Å². The lowest BCUT2D eigenvalue weighted by Gasteiger charge is -1.95. The molecule has 0 fully saturated rings. The number of thioether (sulfide) groups is 1. The van der Waals surface area contributed by atoms with E-state index in [0.29, 0.717) is 16.8 Å². The molecule has 1 rings (SSSR count). The van der Waals surface area contributed by atoms with E-state index in [2.05, 4.69) is 10.1 Å². The van der Waals surface area contributed by atoms with Crippen LogP contribution < -0.4 is 5.73 Å². The van der Waals surface area contributed by atoms with Gasteiger partial charge >= 0.3 is 0 Å². The maximum absolute atomic E-state index is 10.5. The molecule has 0 aliphatic heterocycles. The molecular formula is C7H8N3O2S2. The van der Waals surface area contributed by atoms with Gasteiger partial charge in [-0.2, -0.15) is 0 Å². The number of hydrogen-bond donors (Lipinski definition) is 1. The van der Waals surface area contributed by atoms with Crippen LogP contribution in [0.5, 0.6) is 0 Å². The summed E-state index contributed by atoms with van der Waals surface area (Å²) >= 11 is 2.69. The summed E-state index contributed by atoms with van der Waals surface area (Å²) in [5.74, 6) is 0.380. The third-order valence-corrected chi connectivity index (χ3v) is 2.20. The molecule has 7 heteroatoms. The second-order valence-corrected chi connectivity index (χ2v) is 3.85. The third-order valence-electron chi connectivity index (χ3n) is 1.19. The lowest BCUT2D eigenvalue weighted by atomic mass is 10.3. The van der Waals surface area contributed by atoms with Gasteiger partial charge in [-0.25, -0.2) is 4.98 Å². The Hall–Kier alpha value is -1.08. The lowest BCUT2D eigenvalue weighted by Crippen LogP contribution is -2.04. The zero-order valence-corrected chi connectivity index (χ0v) is 9.02. The number of rotatable bonds is 5. The standard InChI is InChI=1S/C7H8N3O2S2/c1-13-4-12-10-5(2-11)6-3-14-7(8)9-6/h3H,4H2,1H3,(H2,8,9)/b10-5-. The van der Waals surface area contributed by atoms with E-state index in [1.807, 2.05) is 6.26 Å². The number of anilines is 1. The fourth-order valence-electron chi connectivity index (χ4n) is 0.658. The number of nitrogens with two attached hydrogens (primary N) is 1. The summed E-state index contributed by atoms with van der Waals surface area (Å²) in [5.41, 5.74) is 5.83. The third kappa shape index (κ3) is 3.00. The van der Waals surface area contributed by atoms with Gasteiger partial charge in [-0.15, -0.1) is 23.1 Å². The highest BCUT2D eigenvalue weighted by Crippen LogP contribution is 2.11. The normalized spacial score (nSPS) is 11.4. The van der Waals surface area contributed by atoms with Crippen LogP contribution in [0.2, 0.25) is 0 Å². The zero-order chi connectivity index (χ0) is 10.4. The summed E-state index contributed by atoms with van der Waals surface area (Å²) < 4.78 is 0. The summed E-state index contributed by atoms with van der Waals surface area (Å²) in [6.45, 7) is 0. The smallest absolute Gasteiger partial charge is 0.259 e. The van der Waals surface area contributed by atoms with Crippen molar-refractivity contribution >= 4 is 40.2 Å². The first-order valence-corrected chi connectivity index (χ1v) is 5.83. The summed E-state index contributed by atoms with van der Waals surface area (Å²) in [7, 11) is 0. The fraction of sp³-hybridized carbons (Fsp3) is 0.286. The van der Waals surface area contributed by atoms with Crippen LogP contribution in [0.4, 0.5) is 5.13 Å². The van der Waals surface area contributed by atoms with E-state index in [1.165, 1.54) is 23.1 Å². The van der Waals surface area contributed by atoms with E-state index in [4.69, 9.17) is 10.6 Å². The molecule has 1 aromatic heterocycles. The molecule has 1 radical (unpaired) electrons. The Morgan fingerprint density at radius 3 is 3.21 bits per heavy atom. The maximum atomic E-state index is 10.5. The van der Waals surface area contributed by atoms with Crippen LogP contribution in [0.1, 0.15) is 5.69 Å². The number of hydrogen-bond acceptors (Lipinski definition) is 7. The highest BCUT2D eigenvalue weighted by atomic mass is 32.2. The first-order valence-electron chi connectivity index (χ1n) is 3.56. The van der Waals surface area contributed by atoms with Crippen LogP contribution in [0, 0.1) is 0 Å². The topological polar surface area (TPSA) is 77.6 Å². The van der Waals surface area contributed by atoms with E-state index in [9.17, 15) is 4.79 Å². The molecule has 0 bridgehead atoms. The average molecular weight is 230 g/mol. The van der Waals surface area contributed by atoms with Gasteiger partial charge in [-0.05, 0) is 6.26 Å². The predicted octanol–water partition coefficient (Wildman–Crippen LogP) is 0.876. The number of aromatic nitrogens is 1. The lowest BCUT2D eigenvalue weighted by molar-refractivity contribution is 0.197. The van der Waals surface area contributed by atoms with E-state index in [1.54, 1.807) is 11.7 Å². The van der Waals surface area contributed by atoms with E-state index in [0.717, 1.165) is 0 Å². The molecule has 0 spiro atoms. The summed E-state index contributed by atoms with van der Waals surface area (Å²) in [6.07, 6.45) is 3.51. The molecule has 2 N–H and O–H groups in total. The highest BCUT2D eigenvalue weighted by Gasteiger charge is 2.08. The number of thiazole rings is 1. The molecule has 5 nitrogen and oxygen atoms in total. The molecule has 0 unspecified atom stereocenters. The van der Waals surface area contributed by atoms with E-state index in [-0.39, 0.29) is 5.71 Å². The molecule has 1 heterocycles. The maximum Gasteiger partial charge on any atom is 0.259 e. The van der Waals surface area contributed by atoms with Crippen molar-refractivity contribution in [3.05, 3.63) is 11.1 Å².